The highest BCUT2D eigenvalue weighted by molar-refractivity contribution is 5.81. The fraction of sp³-hybridized carbons (Fsp3) is 0.833. The second kappa shape index (κ2) is 6.01. The molecule has 0 spiro atoms. The summed E-state index contributed by atoms with van der Waals surface area (Å²) in [4.78, 5) is 24.5. The second-order valence-electron chi connectivity index (χ2n) is 4.46. The lowest BCUT2D eigenvalue weighted by molar-refractivity contribution is -0.123. The Morgan fingerprint density at radius 2 is 2.00 bits per heavy atom. The molecule has 3 nitrogen and oxygen atoms in total. The van der Waals surface area contributed by atoms with Gasteiger partial charge in [0.2, 0.25) is 0 Å². The molecule has 1 aliphatic rings. The van der Waals surface area contributed by atoms with Crippen molar-refractivity contribution in [3.8, 4) is 0 Å². The lowest BCUT2D eigenvalue weighted by atomic mass is 9.99. The molecule has 1 aliphatic heterocycles. The minimum atomic E-state index is 0.116. The summed E-state index contributed by atoms with van der Waals surface area (Å²) in [5, 5.41) is 0. The van der Waals surface area contributed by atoms with Gasteiger partial charge >= 0.3 is 0 Å². The molecular formula is C12H21NO2. The van der Waals surface area contributed by atoms with E-state index in [0.717, 1.165) is 32.4 Å². The summed E-state index contributed by atoms with van der Waals surface area (Å²) >= 11 is 0. The molecule has 0 bridgehead atoms. The van der Waals surface area contributed by atoms with E-state index in [1.165, 1.54) is 6.42 Å². The van der Waals surface area contributed by atoms with Crippen molar-refractivity contribution in [1.82, 2.24) is 4.90 Å². The van der Waals surface area contributed by atoms with Crippen molar-refractivity contribution in [2.24, 2.45) is 0 Å². The van der Waals surface area contributed by atoms with Crippen LogP contribution in [-0.4, -0.2) is 35.6 Å². The van der Waals surface area contributed by atoms with E-state index in [2.05, 4.69) is 4.90 Å². The van der Waals surface area contributed by atoms with E-state index in [9.17, 15) is 9.59 Å². The Balaban J connectivity index is 2.36. The topological polar surface area (TPSA) is 37.4 Å². The van der Waals surface area contributed by atoms with Crippen LogP contribution in [0.3, 0.4) is 0 Å². The maximum absolute atomic E-state index is 11.4. The third-order valence-electron chi connectivity index (χ3n) is 3.06. The zero-order valence-electron chi connectivity index (χ0n) is 9.79. The largest absolute Gasteiger partial charge is 0.300 e. The van der Waals surface area contributed by atoms with Crippen molar-refractivity contribution in [2.75, 3.05) is 13.1 Å². The third kappa shape index (κ3) is 4.12. The highest BCUT2D eigenvalue weighted by atomic mass is 16.1. The van der Waals surface area contributed by atoms with Crippen molar-refractivity contribution in [3.63, 3.8) is 0 Å². The number of piperidine rings is 1. The average Bonchev–Trinajstić information content (AvgIpc) is 2.17. The Hall–Kier alpha value is -0.700. The fourth-order valence-corrected chi connectivity index (χ4v) is 2.25. The van der Waals surface area contributed by atoms with Crippen LogP contribution in [0, 0.1) is 0 Å². The molecule has 0 N–H and O–H groups in total. The van der Waals surface area contributed by atoms with Crippen LogP contribution >= 0.6 is 0 Å². The number of likely N-dealkylation sites (tertiary alicyclic amines) is 1. The molecule has 1 unspecified atom stereocenters. The zero-order chi connectivity index (χ0) is 11.3. The summed E-state index contributed by atoms with van der Waals surface area (Å²) in [6.07, 6.45) is 4.87. The maximum Gasteiger partial charge on any atom is 0.146 e. The molecule has 1 atom stereocenters. The van der Waals surface area contributed by atoms with E-state index in [4.69, 9.17) is 0 Å². The normalized spacial score (nSPS) is 22.7. The second-order valence-corrected chi connectivity index (χ2v) is 4.46. The molecule has 0 amide bonds. The van der Waals surface area contributed by atoms with Crippen LogP contribution < -0.4 is 0 Å². The first-order chi connectivity index (χ1) is 7.11. The van der Waals surface area contributed by atoms with E-state index in [-0.39, 0.29) is 17.6 Å². The molecule has 1 heterocycles. The number of rotatable bonds is 5. The van der Waals surface area contributed by atoms with Gasteiger partial charge in [0.1, 0.15) is 11.6 Å². The Morgan fingerprint density at radius 3 is 2.60 bits per heavy atom. The number of hydrogen-bond donors (Lipinski definition) is 0. The predicted molar refractivity (Wildman–Crippen MR) is 59.8 cm³/mol. The first kappa shape index (κ1) is 12.4. The van der Waals surface area contributed by atoms with Gasteiger partial charge in [0.15, 0.2) is 0 Å². The Kier molecular flexibility index (Phi) is 4.95. The van der Waals surface area contributed by atoms with Gasteiger partial charge < -0.3 is 4.79 Å². The standard InChI is InChI=1S/C12H21NO2/c1-10(14)6-5-9-13-8-4-3-7-12(13)11(2)15/h12H,3-9H2,1-2H3. The smallest absolute Gasteiger partial charge is 0.146 e. The van der Waals surface area contributed by atoms with Gasteiger partial charge in [-0.1, -0.05) is 6.42 Å². The van der Waals surface area contributed by atoms with E-state index in [1.807, 2.05) is 0 Å². The average molecular weight is 211 g/mol. The summed E-state index contributed by atoms with van der Waals surface area (Å²) in [5.41, 5.74) is 0. The molecule has 0 radical (unpaired) electrons. The quantitative estimate of drug-likeness (QED) is 0.696. The first-order valence-corrected chi connectivity index (χ1v) is 5.85. The van der Waals surface area contributed by atoms with Crippen molar-refractivity contribution >= 4 is 11.6 Å². The van der Waals surface area contributed by atoms with Crippen LogP contribution in [-0.2, 0) is 9.59 Å². The van der Waals surface area contributed by atoms with Crippen molar-refractivity contribution in [1.29, 1.82) is 0 Å². The minimum Gasteiger partial charge on any atom is -0.300 e. The van der Waals surface area contributed by atoms with Gasteiger partial charge in [-0.25, -0.2) is 0 Å². The summed E-state index contributed by atoms with van der Waals surface area (Å²) in [5.74, 6) is 0.518. The summed E-state index contributed by atoms with van der Waals surface area (Å²) in [7, 11) is 0. The lowest BCUT2D eigenvalue weighted by Crippen LogP contribution is -2.44. The van der Waals surface area contributed by atoms with Gasteiger partial charge in [-0.15, -0.1) is 0 Å². The van der Waals surface area contributed by atoms with Crippen LogP contribution in [0.5, 0.6) is 0 Å². The lowest BCUT2D eigenvalue weighted by Gasteiger charge is -2.33. The molecule has 0 aliphatic carbocycles. The number of Topliss-reactive ketones (excluding diaryl/α,β-unsaturated/α-hetero) is 2. The number of nitrogens with zero attached hydrogens (tertiary/aromatic N) is 1. The van der Waals surface area contributed by atoms with Crippen molar-refractivity contribution < 1.29 is 9.59 Å². The molecule has 0 saturated carbocycles. The SMILES string of the molecule is CC(=O)CCCN1CCCCC1C(C)=O. The van der Waals surface area contributed by atoms with Crippen LogP contribution in [0.2, 0.25) is 0 Å². The number of carbonyl (C=O) groups excluding carboxylic acids is 2. The fourth-order valence-electron chi connectivity index (χ4n) is 2.25. The zero-order valence-corrected chi connectivity index (χ0v) is 9.79. The Labute approximate surface area is 91.8 Å². The summed E-state index contributed by atoms with van der Waals surface area (Å²) in [6.45, 7) is 5.21. The van der Waals surface area contributed by atoms with Gasteiger partial charge in [-0.3, -0.25) is 9.69 Å². The molecule has 0 aromatic rings. The van der Waals surface area contributed by atoms with Crippen molar-refractivity contribution in [3.05, 3.63) is 0 Å². The summed E-state index contributed by atoms with van der Waals surface area (Å²) in [6, 6.07) is 0.116. The monoisotopic (exact) mass is 211 g/mol. The summed E-state index contributed by atoms with van der Waals surface area (Å²) < 4.78 is 0. The van der Waals surface area contributed by atoms with Gasteiger partial charge in [0, 0.05) is 6.42 Å². The van der Waals surface area contributed by atoms with Crippen LogP contribution in [0.1, 0.15) is 46.0 Å². The van der Waals surface area contributed by atoms with E-state index in [1.54, 1.807) is 13.8 Å². The molecule has 0 aromatic carbocycles. The van der Waals surface area contributed by atoms with Gasteiger partial charge in [-0.2, -0.15) is 0 Å². The van der Waals surface area contributed by atoms with E-state index in [0.29, 0.717) is 6.42 Å². The Morgan fingerprint density at radius 1 is 1.27 bits per heavy atom. The van der Waals surface area contributed by atoms with E-state index >= 15 is 0 Å². The molecule has 1 saturated heterocycles. The van der Waals surface area contributed by atoms with Crippen LogP contribution in [0.15, 0.2) is 0 Å². The maximum atomic E-state index is 11.4. The molecular weight excluding hydrogens is 190 g/mol. The minimum absolute atomic E-state index is 0.116. The third-order valence-corrected chi connectivity index (χ3v) is 3.06. The van der Waals surface area contributed by atoms with Crippen molar-refractivity contribution in [2.45, 2.75) is 52.0 Å². The van der Waals surface area contributed by atoms with Gasteiger partial charge in [0.25, 0.3) is 0 Å². The first-order valence-electron chi connectivity index (χ1n) is 5.85. The Bertz CT molecular complexity index is 238. The predicted octanol–water partition coefficient (Wildman–Crippen LogP) is 1.80. The molecule has 15 heavy (non-hydrogen) atoms. The van der Waals surface area contributed by atoms with Gasteiger partial charge in [-0.05, 0) is 46.2 Å². The highest BCUT2D eigenvalue weighted by Crippen LogP contribution is 2.18. The van der Waals surface area contributed by atoms with E-state index < -0.39 is 0 Å². The molecule has 1 rings (SSSR count). The molecule has 0 aromatic heterocycles. The van der Waals surface area contributed by atoms with Crippen LogP contribution in [0.25, 0.3) is 0 Å². The number of hydrogen-bond acceptors (Lipinski definition) is 3. The van der Waals surface area contributed by atoms with Gasteiger partial charge in [0.05, 0.1) is 6.04 Å². The van der Waals surface area contributed by atoms with Crippen LogP contribution in [0.4, 0.5) is 0 Å². The number of ketones is 2. The highest BCUT2D eigenvalue weighted by Gasteiger charge is 2.25. The molecule has 3 heteroatoms. The number of carbonyl (C=O) groups is 2. The molecule has 86 valence electrons. The molecule has 1 fully saturated rings.